The van der Waals surface area contributed by atoms with Crippen molar-refractivity contribution in [1.29, 1.82) is 0 Å². The molecule has 1 aliphatic heterocycles. The van der Waals surface area contributed by atoms with Crippen molar-refractivity contribution in [2.45, 2.75) is 39.3 Å². The smallest absolute Gasteiger partial charge is 0.0452 e. The summed E-state index contributed by atoms with van der Waals surface area (Å²) in [4.78, 5) is 2.49. The van der Waals surface area contributed by atoms with Crippen LogP contribution >= 0.6 is 23.2 Å². The molecule has 1 aromatic rings. The maximum atomic E-state index is 6.28. The molecule has 4 heteroatoms. The lowest BCUT2D eigenvalue weighted by Crippen LogP contribution is -2.38. The number of nitrogens with zero attached hydrogens (tertiary/aromatic N) is 1. The Hall–Kier alpha value is -0.280. The molecule has 0 saturated carbocycles. The van der Waals surface area contributed by atoms with E-state index >= 15 is 0 Å². The molecule has 0 bridgehead atoms. The molecule has 1 saturated heterocycles. The Balaban J connectivity index is 2.01. The minimum absolute atomic E-state index is 0.579. The summed E-state index contributed by atoms with van der Waals surface area (Å²) in [5.74, 6) is 0.724. The van der Waals surface area contributed by atoms with Gasteiger partial charge >= 0.3 is 0 Å². The standard InChI is InChI=1S/C16H24Cl2N2/c1-12(2)8-15-11-20(7-3-6-19-15)10-13-9-14(17)4-5-16(13)18/h4-5,9,12,15,19H,3,6-8,10-11H2,1-2H3. The Morgan fingerprint density at radius 3 is 2.90 bits per heavy atom. The van der Waals surface area contributed by atoms with Gasteiger partial charge in [0.1, 0.15) is 0 Å². The van der Waals surface area contributed by atoms with E-state index in [4.69, 9.17) is 23.2 Å². The third-order valence-electron chi connectivity index (χ3n) is 3.72. The first-order chi connectivity index (χ1) is 9.54. The van der Waals surface area contributed by atoms with Crippen LogP contribution < -0.4 is 5.32 Å². The topological polar surface area (TPSA) is 15.3 Å². The largest absolute Gasteiger partial charge is 0.313 e. The number of halogens is 2. The van der Waals surface area contributed by atoms with Crippen molar-refractivity contribution >= 4 is 23.2 Å². The van der Waals surface area contributed by atoms with Crippen LogP contribution in [-0.2, 0) is 6.54 Å². The molecule has 2 rings (SSSR count). The van der Waals surface area contributed by atoms with Crippen LogP contribution in [0.15, 0.2) is 18.2 Å². The van der Waals surface area contributed by atoms with Crippen LogP contribution in [0, 0.1) is 5.92 Å². The van der Waals surface area contributed by atoms with Gasteiger partial charge < -0.3 is 5.32 Å². The molecular formula is C16H24Cl2N2. The molecule has 1 unspecified atom stereocenters. The molecule has 1 heterocycles. The Bertz CT molecular complexity index is 434. The first kappa shape index (κ1) is 16.1. The molecule has 1 N–H and O–H groups in total. The maximum absolute atomic E-state index is 6.28. The lowest BCUT2D eigenvalue weighted by atomic mass is 10.0. The summed E-state index contributed by atoms with van der Waals surface area (Å²) in [6.07, 6.45) is 2.41. The third-order valence-corrected chi connectivity index (χ3v) is 4.32. The molecule has 1 aromatic carbocycles. The van der Waals surface area contributed by atoms with E-state index in [-0.39, 0.29) is 0 Å². The Morgan fingerprint density at radius 2 is 2.15 bits per heavy atom. The fourth-order valence-corrected chi connectivity index (χ4v) is 3.22. The fourth-order valence-electron chi connectivity index (χ4n) is 2.85. The van der Waals surface area contributed by atoms with Crippen LogP contribution in [0.4, 0.5) is 0 Å². The van der Waals surface area contributed by atoms with Gasteiger partial charge in [0.25, 0.3) is 0 Å². The van der Waals surface area contributed by atoms with Crippen molar-refractivity contribution in [2.75, 3.05) is 19.6 Å². The molecule has 0 radical (unpaired) electrons. The highest BCUT2D eigenvalue weighted by molar-refractivity contribution is 6.33. The Labute approximate surface area is 132 Å². The second-order valence-electron chi connectivity index (χ2n) is 6.10. The highest BCUT2D eigenvalue weighted by atomic mass is 35.5. The molecule has 0 aliphatic carbocycles. The van der Waals surface area contributed by atoms with Crippen LogP contribution in [-0.4, -0.2) is 30.6 Å². The summed E-state index contributed by atoms with van der Waals surface area (Å²) in [5.41, 5.74) is 1.13. The van der Waals surface area contributed by atoms with Gasteiger partial charge in [-0.2, -0.15) is 0 Å². The summed E-state index contributed by atoms with van der Waals surface area (Å²) < 4.78 is 0. The van der Waals surface area contributed by atoms with E-state index in [0.29, 0.717) is 6.04 Å². The molecular weight excluding hydrogens is 291 g/mol. The van der Waals surface area contributed by atoms with Crippen LogP contribution in [0.1, 0.15) is 32.3 Å². The Kier molecular flexibility index (Phi) is 6.16. The second kappa shape index (κ2) is 7.65. The van der Waals surface area contributed by atoms with Crippen LogP contribution in [0.5, 0.6) is 0 Å². The zero-order valence-corrected chi connectivity index (χ0v) is 13.8. The summed E-state index contributed by atoms with van der Waals surface area (Å²) in [6, 6.07) is 6.30. The van der Waals surface area contributed by atoms with Gasteiger partial charge in [0.15, 0.2) is 0 Å². The summed E-state index contributed by atoms with van der Waals surface area (Å²) in [6.45, 7) is 8.76. The lowest BCUT2D eigenvalue weighted by molar-refractivity contribution is 0.248. The molecule has 1 atom stereocenters. The molecule has 0 aromatic heterocycles. The molecule has 1 fully saturated rings. The second-order valence-corrected chi connectivity index (χ2v) is 6.95. The summed E-state index contributed by atoms with van der Waals surface area (Å²) >= 11 is 12.4. The molecule has 2 nitrogen and oxygen atoms in total. The lowest BCUT2D eigenvalue weighted by Gasteiger charge is -2.26. The van der Waals surface area contributed by atoms with Crippen molar-refractivity contribution in [3.63, 3.8) is 0 Å². The molecule has 0 spiro atoms. The van der Waals surface area contributed by atoms with Gasteiger partial charge in [0.05, 0.1) is 0 Å². The van der Waals surface area contributed by atoms with Gasteiger partial charge in [-0.25, -0.2) is 0 Å². The Morgan fingerprint density at radius 1 is 1.35 bits per heavy atom. The van der Waals surface area contributed by atoms with Crippen molar-refractivity contribution in [3.05, 3.63) is 33.8 Å². The maximum Gasteiger partial charge on any atom is 0.0452 e. The number of benzene rings is 1. The van der Waals surface area contributed by atoms with E-state index in [9.17, 15) is 0 Å². The van der Waals surface area contributed by atoms with Crippen molar-refractivity contribution < 1.29 is 0 Å². The first-order valence-corrected chi connectivity index (χ1v) is 8.20. The van der Waals surface area contributed by atoms with Gasteiger partial charge in [0.2, 0.25) is 0 Å². The van der Waals surface area contributed by atoms with E-state index in [1.807, 2.05) is 18.2 Å². The van der Waals surface area contributed by atoms with Crippen molar-refractivity contribution in [3.8, 4) is 0 Å². The normalized spacial score (nSPS) is 21.1. The average molecular weight is 315 g/mol. The quantitative estimate of drug-likeness (QED) is 0.895. The van der Waals surface area contributed by atoms with Crippen molar-refractivity contribution in [2.24, 2.45) is 5.92 Å². The van der Waals surface area contributed by atoms with E-state index in [1.165, 1.54) is 12.8 Å². The van der Waals surface area contributed by atoms with Crippen molar-refractivity contribution in [1.82, 2.24) is 10.2 Å². The average Bonchev–Trinajstić information content (AvgIpc) is 2.58. The molecule has 20 heavy (non-hydrogen) atoms. The minimum Gasteiger partial charge on any atom is -0.313 e. The van der Waals surface area contributed by atoms with Crippen LogP contribution in [0.3, 0.4) is 0 Å². The van der Waals surface area contributed by atoms with Gasteiger partial charge in [-0.15, -0.1) is 0 Å². The molecule has 0 amide bonds. The SMILES string of the molecule is CC(C)CC1CN(Cc2cc(Cl)ccc2Cl)CCCN1. The van der Waals surface area contributed by atoms with E-state index in [0.717, 1.165) is 47.7 Å². The third kappa shape index (κ3) is 4.92. The number of hydrogen-bond donors (Lipinski definition) is 1. The number of rotatable bonds is 4. The highest BCUT2D eigenvalue weighted by Gasteiger charge is 2.19. The molecule has 1 aliphatic rings. The zero-order valence-electron chi connectivity index (χ0n) is 12.3. The highest BCUT2D eigenvalue weighted by Crippen LogP contribution is 2.23. The fraction of sp³-hybridized carbons (Fsp3) is 0.625. The van der Waals surface area contributed by atoms with E-state index < -0.39 is 0 Å². The number of nitrogens with one attached hydrogen (secondary N) is 1. The minimum atomic E-state index is 0.579. The predicted molar refractivity (Wildman–Crippen MR) is 87.6 cm³/mol. The van der Waals surface area contributed by atoms with E-state index in [1.54, 1.807) is 0 Å². The van der Waals surface area contributed by atoms with Gasteiger partial charge in [-0.3, -0.25) is 4.90 Å². The molecule has 112 valence electrons. The summed E-state index contributed by atoms with van der Waals surface area (Å²) in [5, 5.41) is 5.23. The van der Waals surface area contributed by atoms with Crippen LogP contribution in [0.2, 0.25) is 10.0 Å². The first-order valence-electron chi connectivity index (χ1n) is 7.44. The monoisotopic (exact) mass is 314 g/mol. The predicted octanol–water partition coefficient (Wildman–Crippen LogP) is 4.20. The number of hydrogen-bond acceptors (Lipinski definition) is 2. The van der Waals surface area contributed by atoms with Gasteiger partial charge in [-0.05, 0) is 55.6 Å². The van der Waals surface area contributed by atoms with Crippen LogP contribution in [0.25, 0.3) is 0 Å². The zero-order chi connectivity index (χ0) is 14.5. The van der Waals surface area contributed by atoms with E-state index in [2.05, 4.69) is 24.1 Å². The van der Waals surface area contributed by atoms with Gasteiger partial charge in [0, 0.05) is 29.2 Å². The van der Waals surface area contributed by atoms with Gasteiger partial charge in [-0.1, -0.05) is 37.0 Å². The summed E-state index contributed by atoms with van der Waals surface area (Å²) in [7, 11) is 0.